The normalized spacial score (nSPS) is 16.7. The molecular formula is C76H58N2. The Balaban J connectivity index is 0.956. The Bertz CT molecular complexity index is 4340. The van der Waals surface area contributed by atoms with Crippen LogP contribution in [-0.4, -0.2) is 0 Å². The second-order valence-corrected chi connectivity index (χ2v) is 23.6. The minimum Gasteiger partial charge on any atom is -0.310 e. The van der Waals surface area contributed by atoms with Crippen molar-refractivity contribution in [3.8, 4) is 33.4 Å². The number of hydrogen-bond donors (Lipinski definition) is 0. The summed E-state index contributed by atoms with van der Waals surface area (Å²) in [7, 11) is 0. The minimum atomic E-state index is -0.0367. The van der Waals surface area contributed by atoms with Crippen molar-refractivity contribution in [1.82, 2.24) is 0 Å². The van der Waals surface area contributed by atoms with Crippen LogP contribution in [0.2, 0.25) is 0 Å². The molecule has 2 heterocycles. The Morgan fingerprint density at radius 1 is 0.359 bits per heavy atom. The quantitative estimate of drug-likeness (QED) is 0.159. The van der Waals surface area contributed by atoms with Crippen molar-refractivity contribution in [2.24, 2.45) is 5.92 Å². The van der Waals surface area contributed by atoms with E-state index in [1.54, 1.807) is 0 Å². The molecule has 0 bridgehead atoms. The SMILES string of the molecule is CC1(C)c2ccccc2-c2cc(-c3ccc(-c4c5ccc(N6c7ccccc7Cc7ccccc76)cc5c(C5=CC=C6c7ccccc7C(C)(C)C6C5)c5ccc(N6c7ccccc7Cc7ccccc76)cc45)cc3)ccc21. The predicted molar refractivity (Wildman–Crippen MR) is 328 cm³/mol. The van der Waals surface area contributed by atoms with Gasteiger partial charge in [0.15, 0.2) is 0 Å². The molecule has 11 aromatic carbocycles. The Morgan fingerprint density at radius 3 is 1.41 bits per heavy atom. The molecule has 2 nitrogen and oxygen atoms in total. The van der Waals surface area contributed by atoms with Gasteiger partial charge in [0.25, 0.3) is 0 Å². The van der Waals surface area contributed by atoms with E-state index < -0.39 is 0 Å². The van der Waals surface area contributed by atoms with Gasteiger partial charge >= 0.3 is 0 Å². The van der Waals surface area contributed by atoms with E-state index in [1.807, 2.05) is 0 Å². The number of allylic oxidation sites excluding steroid dienone is 4. The number of nitrogens with zero attached hydrogens (tertiary/aromatic N) is 2. The molecule has 0 N–H and O–H groups in total. The van der Waals surface area contributed by atoms with E-state index in [2.05, 4.69) is 274 Å². The fraction of sp³-hybridized carbons (Fsp3) is 0.132. The van der Waals surface area contributed by atoms with Gasteiger partial charge in [-0.3, -0.25) is 0 Å². The molecule has 11 aromatic rings. The van der Waals surface area contributed by atoms with Gasteiger partial charge in [0.2, 0.25) is 0 Å². The molecule has 78 heavy (non-hydrogen) atoms. The second kappa shape index (κ2) is 16.8. The summed E-state index contributed by atoms with van der Waals surface area (Å²) in [6, 6.07) is 85.4. The lowest BCUT2D eigenvalue weighted by atomic mass is 9.71. The lowest BCUT2D eigenvalue weighted by Gasteiger charge is -2.35. The maximum absolute atomic E-state index is 2.53. The molecule has 16 rings (SSSR count). The number of benzene rings is 11. The van der Waals surface area contributed by atoms with Gasteiger partial charge in [0, 0.05) is 52.4 Å². The molecule has 372 valence electrons. The molecule has 2 heteroatoms. The zero-order chi connectivity index (χ0) is 52.0. The Morgan fingerprint density at radius 2 is 0.821 bits per heavy atom. The lowest BCUT2D eigenvalue weighted by molar-refractivity contribution is 0.418. The zero-order valence-corrected chi connectivity index (χ0v) is 44.6. The second-order valence-electron chi connectivity index (χ2n) is 23.6. The molecule has 0 radical (unpaired) electrons. The van der Waals surface area contributed by atoms with Crippen molar-refractivity contribution >= 4 is 66.8 Å². The average Bonchev–Trinajstić information content (AvgIpc) is 3.97. The third kappa shape index (κ3) is 6.56. The first kappa shape index (κ1) is 45.2. The van der Waals surface area contributed by atoms with E-state index in [9.17, 15) is 0 Å². The molecule has 1 unspecified atom stereocenters. The molecule has 0 saturated carbocycles. The lowest BCUT2D eigenvalue weighted by Crippen LogP contribution is -2.25. The van der Waals surface area contributed by atoms with E-state index in [4.69, 9.17) is 0 Å². The van der Waals surface area contributed by atoms with E-state index in [0.717, 1.165) is 24.9 Å². The fourth-order valence-corrected chi connectivity index (χ4v) is 14.9. The van der Waals surface area contributed by atoms with Crippen LogP contribution in [0.25, 0.3) is 66.1 Å². The average molecular weight is 999 g/mol. The highest BCUT2D eigenvalue weighted by molar-refractivity contribution is 6.21. The number of rotatable bonds is 5. The first-order chi connectivity index (χ1) is 38.2. The highest BCUT2D eigenvalue weighted by Crippen LogP contribution is 2.58. The van der Waals surface area contributed by atoms with Gasteiger partial charge in [-0.25, -0.2) is 0 Å². The van der Waals surface area contributed by atoms with Gasteiger partial charge in [0.05, 0.1) is 0 Å². The van der Waals surface area contributed by atoms with Crippen LogP contribution in [-0.2, 0) is 23.7 Å². The van der Waals surface area contributed by atoms with E-state index >= 15 is 0 Å². The molecule has 1 atom stereocenters. The van der Waals surface area contributed by atoms with E-state index in [0.29, 0.717) is 5.92 Å². The highest BCUT2D eigenvalue weighted by Gasteiger charge is 2.44. The Hall–Kier alpha value is -8.98. The number of anilines is 6. The summed E-state index contributed by atoms with van der Waals surface area (Å²) in [4.78, 5) is 5.03. The topological polar surface area (TPSA) is 6.48 Å². The molecular weight excluding hydrogens is 941 g/mol. The summed E-state index contributed by atoms with van der Waals surface area (Å²) in [6.07, 6.45) is 7.72. The van der Waals surface area contributed by atoms with E-state index in [-0.39, 0.29) is 10.8 Å². The van der Waals surface area contributed by atoms with Crippen molar-refractivity contribution in [3.63, 3.8) is 0 Å². The summed E-state index contributed by atoms with van der Waals surface area (Å²) in [5.74, 6) is 0.343. The largest absolute Gasteiger partial charge is 0.310 e. The minimum absolute atomic E-state index is 0.0255. The van der Waals surface area contributed by atoms with Crippen molar-refractivity contribution < 1.29 is 0 Å². The fourth-order valence-electron chi connectivity index (χ4n) is 14.9. The van der Waals surface area contributed by atoms with Crippen LogP contribution in [0.3, 0.4) is 0 Å². The van der Waals surface area contributed by atoms with Crippen LogP contribution < -0.4 is 9.80 Å². The maximum atomic E-state index is 2.53. The molecule has 2 aliphatic heterocycles. The summed E-state index contributed by atoms with van der Waals surface area (Å²) in [5, 5.41) is 5.06. The third-order valence-corrected chi connectivity index (χ3v) is 18.8. The Labute approximate surface area is 457 Å². The van der Waals surface area contributed by atoms with Gasteiger partial charge in [-0.1, -0.05) is 210 Å². The maximum Gasteiger partial charge on any atom is 0.0497 e. The van der Waals surface area contributed by atoms with Crippen LogP contribution in [0.1, 0.15) is 84.2 Å². The summed E-state index contributed by atoms with van der Waals surface area (Å²) >= 11 is 0. The first-order valence-electron chi connectivity index (χ1n) is 28.0. The van der Waals surface area contributed by atoms with Gasteiger partial charge in [-0.2, -0.15) is 0 Å². The molecule has 0 fully saturated rings. The van der Waals surface area contributed by atoms with Crippen molar-refractivity contribution in [1.29, 1.82) is 0 Å². The highest BCUT2D eigenvalue weighted by atomic mass is 15.2. The van der Waals surface area contributed by atoms with Crippen molar-refractivity contribution in [2.75, 3.05) is 9.80 Å². The number of hydrogen-bond acceptors (Lipinski definition) is 2. The molecule has 3 aliphatic carbocycles. The Kier molecular flexibility index (Phi) is 9.72. The monoisotopic (exact) mass is 998 g/mol. The van der Waals surface area contributed by atoms with Crippen LogP contribution in [0.15, 0.2) is 237 Å². The molecule has 0 aromatic heterocycles. The smallest absolute Gasteiger partial charge is 0.0497 e. The molecule has 0 amide bonds. The third-order valence-electron chi connectivity index (χ3n) is 18.8. The summed E-state index contributed by atoms with van der Waals surface area (Å²) in [5.41, 5.74) is 30.1. The predicted octanol–water partition coefficient (Wildman–Crippen LogP) is 20.2. The van der Waals surface area contributed by atoms with Crippen LogP contribution >= 0.6 is 0 Å². The van der Waals surface area contributed by atoms with Gasteiger partial charge in [-0.15, -0.1) is 0 Å². The van der Waals surface area contributed by atoms with Gasteiger partial charge in [-0.05, 0) is 188 Å². The van der Waals surface area contributed by atoms with Crippen molar-refractivity contribution in [2.45, 2.75) is 57.8 Å². The van der Waals surface area contributed by atoms with Gasteiger partial charge < -0.3 is 9.80 Å². The number of para-hydroxylation sites is 4. The van der Waals surface area contributed by atoms with E-state index in [1.165, 1.54) is 145 Å². The van der Waals surface area contributed by atoms with Gasteiger partial charge in [0.1, 0.15) is 0 Å². The summed E-state index contributed by atoms with van der Waals surface area (Å²) < 4.78 is 0. The van der Waals surface area contributed by atoms with Crippen molar-refractivity contribution in [3.05, 3.63) is 287 Å². The molecule has 5 aliphatic rings. The van der Waals surface area contributed by atoms with Crippen LogP contribution in [0.5, 0.6) is 0 Å². The molecule has 0 saturated heterocycles. The summed E-state index contributed by atoms with van der Waals surface area (Å²) in [6.45, 7) is 9.66. The first-order valence-corrected chi connectivity index (χ1v) is 28.0. The number of fused-ring (bicyclic) bond motifs is 12. The van der Waals surface area contributed by atoms with Crippen LogP contribution in [0.4, 0.5) is 34.1 Å². The molecule has 0 spiro atoms. The van der Waals surface area contributed by atoms with Crippen LogP contribution in [0, 0.1) is 5.92 Å². The zero-order valence-electron chi connectivity index (χ0n) is 44.6. The standard InChI is InChI=1S/C76H58N2/c1-75(2)66-24-12-10-22-58(66)62-43-49(34-40-67(62)75)47-29-31-48(32-30-47)73-60-38-35-56(78-71-27-15-7-19-52(71)42-53-20-8-16-28-72(53)78)46-64(60)74(54-33-37-59-57-21-9-11-23-65(57)76(3,4)68(59)44-54)61-39-36-55(45-63(61)73)77-69-25-13-5-17-50(69)41-51-18-6-14-26-70(51)77/h5-40,43,45-46,68H,41-42,44H2,1-4H3.